The van der Waals surface area contributed by atoms with E-state index in [1.807, 2.05) is 0 Å². The molecule has 3 heteroatoms. The van der Waals surface area contributed by atoms with Gasteiger partial charge < -0.3 is 4.43 Å². The normalized spacial score (nSPS) is 12.2. The fourth-order valence-electron chi connectivity index (χ4n) is 2.75. The van der Waals surface area contributed by atoms with Crippen molar-refractivity contribution in [1.82, 2.24) is 0 Å². The fraction of sp³-hybridized carbons (Fsp3) is 0.364. The first-order valence-corrected chi connectivity index (χ1v) is 13.6. The SMILES string of the molecule is C=C(c1ccc([SiH2]OC(C)(CC)CC)cc1)c1ccc([SiH](C)C)cc1. The summed E-state index contributed by atoms with van der Waals surface area (Å²) in [5, 5.41) is 2.86. The molecule has 0 aliphatic carbocycles. The molecule has 0 heterocycles. The van der Waals surface area contributed by atoms with Gasteiger partial charge in [-0.15, -0.1) is 0 Å². The van der Waals surface area contributed by atoms with Gasteiger partial charge in [-0.2, -0.15) is 0 Å². The van der Waals surface area contributed by atoms with Gasteiger partial charge in [0.2, 0.25) is 0 Å². The van der Waals surface area contributed by atoms with Crippen molar-refractivity contribution >= 4 is 34.5 Å². The molecule has 0 bridgehead atoms. The zero-order valence-corrected chi connectivity index (χ0v) is 19.0. The van der Waals surface area contributed by atoms with Crippen LogP contribution in [0.2, 0.25) is 13.1 Å². The van der Waals surface area contributed by atoms with Gasteiger partial charge in [0.1, 0.15) is 0 Å². The molecule has 25 heavy (non-hydrogen) atoms. The molecule has 2 aromatic carbocycles. The zero-order chi connectivity index (χ0) is 18.4. The van der Waals surface area contributed by atoms with Crippen LogP contribution in [0.15, 0.2) is 55.1 Å². The molecule has 0 aromatic heterocycles. The summed E-state index contributed by atoms with van der Waals surface area (Å²) >= 11 is 0. The minimum atomic E-state index is -0.728. The number of rotatable bonds is 8. The van der Waals surface area contributed by atoms with Gasteiger partial charge in [-0.25, -0.2) is 0 Å². The van der Waals surface area contributed by atoms with E-state index in [0.29, 0.717) is 0 Å². The van der Waals surface area contributed by atoms with Crippen LogP contribution >= 0.6 is 0 Å². The van der Waals surface area contributed by atoms with Gasteiger partial charge in [0.05, 0.1) is 14.4 Å². The van der Waals surface area contributed by atoms with E-state index in [-0.39, 0.29) is 5.60 Å². The van der Waals surface area contributed by atoms with E-state index in [9.17, 15) is 0 Å². The molecular formula is C22H32OSi2. The summed E-state index contributed by atoms with van der Waals surface area (Å²) in [7, 11) is -1.41. The molecule has 2 aromatic rings. The van der Waals surface area contributed by atoms with Crippen LogP contribution in [0.4, 0.5) is 0 Å². The Morgan fingerprint density at radius 3 is 1.88 bits per heavy atom. The molecular weight excluding hydrogens is 336 g/mol. The lowest BCUT2D eigenvalue weighted by Crippen LogP contribution is -2.33. The Morgan fingerprint density at radius 1 is 0.960 bits per heavy atom. The second-order valence-electron chi connectivity index (χ2n) is 7.40. The van der Waals surface area contributed by atoms with Gasteiger partial charge >= 0.3 is 0 Å². The van der Waals surface area contributed by atoms with E-state index in [4.69, 9.17) is 4.43 Å². The quantitative estimate of drug-likeness (QED) is 0.645. The number of hydrogen-bond acceptors (Lipinski definition) is 1. The van der Waals surface area contributed by atoms with E-state index in [0.717, 1.165) is 18.4 Å². The molecule has 0 spiro atoms. The molecule has 0 saturated heterocycles. The van der Waals surface area contributed by atoms with Crippen molar-refractivity contribution in [3.63, 3.8) is 0 Å². The molecule has 0 unspecified atom stereocenters. The van der Waals surface area contributed by atoms with Crippen molar-refractivity contribution < 1.29 is 4.43 Å². The highest BCUT2D eigenvalue weighted by Crippen LogP contribution is 2.21. The molecule has 0 N–H and O–H groups in total. The maximum absolute atomic E-state index is 6.25. The summed E-state index contributed by atoms with van der Waals surface area (Å²) in [4.78, 5) is 0. The highest BCUT2D eigenvalue weighted by Gasteiger charge is 2.19. The van der Waals surface area contributed by atoms with Crippen molar-refractivity contribution in [2.24, 2.45) is 0 Å². The highest BCUT2D eigenvalue weighted by molar-refractivity contribution is 6.70. The zero-order valence-electron chi connectivity index (χ0n) is 16.4. The third kappa shape index (κ3) is 5.27. The summed E-state index contributed by atoms with van der Waals surface area (Å²) in [5.74, 6) is 0. The molecule has 0 amide bonds. The average molecular weight is 369 g/mol. The van der Waals surface area contributed by atoms with Crippen LogP contribution in [0.3, 0.4) is 0 Å². The summed E-state index contributed by atoms with van der Waals surface area (Å²) in [6, 6.07) is 17.8. The standard InChI is InChI=1S/C22H32OSi2/c1-7-22(4,8-2)23-24-20-13-9-18(10-14-20)17(3)19-11-15-21(16-12-19)25(5)6/h9-16,25H,3,7-8,24H2,1-2,4-6H3. The lowest BCUT2D eigenvalue weighted by Gasteiger charge is -2.27. The molecule has 1 nitrogen and oxygen atoms in total. The first kappa shape index (κ1) is 19.9. The van der Waals surface area contributed by atoms with Gasteiger partial charge in [-0.1, -0.05) is 87.2 Å². The Morgan fingerprint density at radius 2 is 1.44 bits per heavy atom. The molecule has 2 rings (SSSR count). The summed E-state index contributed by atoms with van der Waals surface area (Å²) in [6.45, 7) is 15.7. The Hall–Kier alpha value is -1.43. The molecule has 0 radical (unpaired) electrons. The first-order chi connectivity index (χ1) is 11.9. The maximum Gasteiger partial charge on any atom is 0.193 e. The van der Waals surface area contributed by atoms with Crippen molar-refractivity contribution in [2.45, 2.75) is 52.3 Å². The lowest BCUT2D eigenvalue weighted by molar-refractivity contribution is 0.0882. The van der Waals surface area contributed by atoms with Crippen molar-refractivity contribution in [3.05, 3.63) is 66.2 Å². The van der Waals surface area contributed by atoms with Gasteiger partial charge in [-0.05, 0) is 41.7 Å². The Labute approximate surface area is 157 Å². The molecule has 134 valence electrons. The largest absolute Gasteiger partial charge is 0.413 e. The van der Waals surface area contributed by atoms with Gasteiger partial charge in [0, 0.05) is 0 Å². The van der Waals surface area contributed by atoms with Crippen molar-refractivity contribution in [2.75, 3.05) is 0 Å². The summed E-state index contributed by atoms with van der Waals surface area (Å²) in [6.07, 6.45) is 2.14. The van der Waals surface area contributed by atoms with Gasteiger partial charge in [0.15, 0.2) is 9.76 Å². The predicted octanol–water partition coefficient (Wildman–Crippen LogP) is 3.75. The monoisotopic (exact) mass is 368 g/mol. The second-order valence-corrected chi connectivity index (χ2v) is 11.8. The first-order valence-electron chi connectivity index (χ1n) is 9.41. The van der Waals surface area contributed by atoms with E-state index in [1.54, 1.807) is 0 Å². The van der Waals surface area contributed by atoms with Gasteiger partial charge in [0.25, 0.3) is 0 Å². The van der Waals surface area contributed by atoms with Crippen LogP contribution in [0.1, 0.15) is 44.7 Å². The molecule has 0 saturated carbocycles. The van der Waals surface area contributed by atoms with E-state index in [1.165, 1.54) is 21.5 Å². The second kappa shape index (κ2) is 8.79. The van der Waals surface area contributed by atoms with E-state index >= 15 is 0 Å². The lowest BCUT2D eigenvalue weighted by atomic mass is 10.00. The Balaban J connectivity index is 2.05. The van der Waals surface area contributed by atoms with E-state index in [2.05, 4.69) is 89.0 Å². The molecule has 0 aliphatic heterocycles. The molecule has 0 atom stereocenters. The van der Waals surface area contributed by atoms with Crippen LogP contribution in [0.5, 0.6) is 0 Å². The van der Waals surface area contributed by atoms with Crippen LogP contribution < -0.4 is 10.4 Å². The minimum absolute atomic E-state index is 0.0377. The number of benzene rings is 2. The molecule has 0 aliphatic rings. The van der Waals surface area contributed by atoms with Crippen molar-refractivity contribution in [1.29, 1.82) is 0 Å². The number of hydrogen-bond donors (Lipinski definition) is 0. The topological polar surface area (TPSA) is 9.23 Å². The third-order valence-electron chi connectivity index (χ3n) is 5.31. The van der Waals surface area contributed by atoms with Crippen LogP contribution in [0.25, 0.3) is 5.57 Å². The molecule has 0 fully saturated rings. The summed E-state index contributed by atoms with van der Waals surface area (Å²) < 4.78 is 6.25. The summed E-state index contributed by atoms with van der Waals surface area (Å²) in [5.41, 5.74) is 3.54. The average Bonchev–Trinajstić information content (AvgIpc) is 2.66. The van der Waals surface area contributed by atoms with Crippen LogP contribution in [0, 0.1) is 0 Å². The predicted molar refractivity (Wildman–Crippen MR) is 118 cm³/mol. The Kier molecular flexibility index (Phi) is 6.99. The Bertz CT molecular complexity index is 683. The highest BCUT2D eigenvalue weighted by atomic mass is 28.3. The van der Waals surface area contributed by atoms with Crippen LogP contribution in [-0.4, -0.2) is 24.2 Å². The van der Waals surface area contributed by atoms with E-state index < -0.39 is 18.6 Å². The third-order valence-corrected chi connectivity index (χ3v) is 8.68. The van der Waals surface area contributed by atoms with Crippen LogP contribution in [-0.2, 0) is 4.43 Å². The van der Waals surface area contributed by atoms with Gasteiger partial charge in [-0.3, -0.25) is 0 Å². The van der Waals surface area contributed by atoms with Crippen molar-refractivity contribution in [3.8, 4) is 0 Å². The minimum Gasteiger partial charge on any atom is -0.413 e. The smallest absolute Gasteiger partial charge is 0.193 e. The fourth-order valence-corrected chi connectivity index (χ4v) is 5.06. The maximum atomic E-state index is 6.25.